The number of nitrogens with zero attached hydrogens (tertiary/aromatic N) is 2. The van der Waals surface area contributed by atoms with Crippen LogP contribution in [0.1, 0.15) is 17.9 Å². The van der Waals surface area contributed by atoms with E-state index in [1.54, 1.807) is 11.3 Å². The van der Waals surface area contributed by atoms with Gasteiger partial charge in [0.1, 0.15) is 0 Å². The van der Waals surface area contributed by atoms with E-state index in [1.165, 1.54) is 11.5 Å². The highest BCUT2D eigenvalue weighted by atomic mass is 32.1. The summed E-state index contributed by atoms with van der Waals surface area (Å²) in [5.74, 6) is -0.324. The Labute approximate surface area is 147 Å². The summed E-state index contributed by atoms with van der Waals surface area (Å²) in [6, 6.07) is 7.73. The van der Waals surface area contributed by atoms with Crippen LogP contribution in [0.2, 0.25) is 0 Å². The van der Waals surface area contributed by atoms with Crippen molar-refractivity contribution in [3.05, 3.63) is 46.8 Å². The van der Waals surface area contributed by atoms with Gasteiger partial charge >= 0.3 is 0 Å². The Bertz CT molecular complexity index is 852. The van der Waals surface area contributed by atoms with Crippen molar-refractivity contribution in [2.24, 2.45) is 16.5 Å². The number of nitrogens with one attached hydrogen (secondary N) is 1. The molecule has 0 spiro atoms. The van der Waals surface area contributed by atoms with Gasteiger partial charge in [0.15, 0.2) is 5.96 Å². The minimum absolute atomic E-state index is 0.0372. The maximum Gasteiger partial charge on any atom is 0.232 e. The maximum atomic E-state index is 12.7. The average molecular weight is 359 g/mol. The number of thiophene rings is 1. The number of aromatic nitrogens is 1. The zero-order valence-corrected chi connectivity index (χ0v) is 14.4. The molecule has 2 aromatic heterocycles. The Hall–Kier alpha value is -2.45. The van der Waals surface area contributed by atoms with Crippen LogP contribution in [0.15, 0.2) is 46.2 Å². The molecule has 0 aliphatic heterocycles. The number of anilines is 1. The van der Waals surface area contributed by atoms with E-state index in [1.807, 2.05) is 41.2 Å². The first-order valence-corrected chi connectivity index (χ1v) is 9.08. The molecule has 0 bridgehead atoms. The van der Waals surface area contributed by atoms with E-state index in [0.717, 1.165) is 21.3 Å². The number of hydrogen-bond acceptors (Lipinski definition) is 5. The predicted octanol–water partition coefficient (Wildman–Crippen LogP) is 2.74. The molecule has 1 unspecified atom stereocenters. The van der Waals surface area contributed by atoms with Crippen molar-refractivity contribution < 1.29 is 4.79 Å². The fourth-order valence-corrected chi connectivity index (χ4v) is 3.81. The summed E-state index contributed by atoms with van der Waals surface area (Å²) < 4.78 is 5.19. The molecule has 0 radical (unpaired) electrons. The lowest BCUT2D eigenvalue weighted by Gasteiger charge is -2.15. The fourth-order valence-electron chi connectivity index (χ4n) is 2.41. The summed E-state index contributed by atoms with van der Waals surface area (Å²) in [7, 11) is 0. The van der Waals surface area contributed by atoms with E-state index in [-0.39, 0.29) is 17.8 Å². The molecule has 6 nitrogen and oxygen atoms in total. The van der Waals surface area contributed by atoms with E-state index in [9.17, 15) is 4.79 Å². The lowest BCUT2D eigenvalue weighted by atomic mass is 9.97. The monoisotopic (exact) mass is 359 g/mol. The summed E-state index contributed by atoms with van der Waals surface area (Å²) in [6.45, 7) is 0.407. The minimum atomic E-state index is -0.295. The van der Waals surface area contributed by atoms with Gasteiger partial charge in [0.25, 0.3) is 0 Å². The molecule has 0 aliphatic rings. The molecule has 2 heterocycles. The number of aliphatic imine (C=N–C) groups is 1. The number of guanidine groups is 1. The van der Waals surface area contributed by atoms with Crippen LogP contribution in [0, 0.1) is 0 Å². The molecule has 3 rings (SSSR count). The molecule has 8 heteroatoms. The molecule has 0 aliphatic carbocycles. The van der Waals surface area contributed by atoms with Crippen LogP contribution >= 0.6 is 22.9 Å². The molecular formula is C16H17N5OS2. The smallest absolute Gasteiger partial charge is 0.232 e. The SMILES string of the molecule is NC(N)=NCCC(C(=O)Nc1ccc2cnsc2c1)c1ccsc1. The van der Waals surface area contributed by atoms with Crippen molar-refractivity contribution in [2.75, 3.05) is 11.9 Å². The van der Waals surface area contributed by atoms with E-state index in [2.05, 4.69) is 14.7 Å². The predicted molar refractivity (Wildman–Crippen MR) is 101 cm³/mol. The molecule has 0 saturated heterocycles. The number of rotatable bonds is 6. The number of carbonyl (C=O) groups is 1. The van der Waals surface area contributed by atoms with Gasteiger partial charge in [0.05, 0.1) is 10.6 Å². The first kappa shape index (κ1) is 16.4. The van der Waals surface area contributed by atoms with E-state index >= 15 is 0 Å². The Morgan fingerprint density at radius 2 is 2.21 bits per heavy atom. The number of benzene rings is 1. The van der Waals surface area contributed by atoms with Crippen molar-refractivity contribution in [1.82, 2.24) is 4.37 Å². The maximum absolute atomic E-state index is 12.7. The van der Waals surface area contributed by atoms with Gasteiger partial charge < -0.3 is 16.8 Å². The summed E-state index contributed by atoms with van der Waals surface area (Å²) in [6.07, 6.45) is 2.36. The van der Waals surface area contributed by atoms with Gasteiger partial charge in [0.2, 0.25) is 5.91 Å². The zero-order chi connectivity index (χ0) is 16.9. The summed E-state index contributed by atoms with van der Waals surface area (Å²) in [5, 5.41) is 7.99. The number of carbonyl (C=O) groups excluding carboxylic acids is 1. The van der Waals surface area contributed by atoms with Crippen molar-refractivity contribution in [3.8, 4) is 0 Å². The van der Waals surface area contributed by atoms with Gasteiger partial charge in [-0.15, -0.1) is 0 Å². The normalized spacial score (nSPS) is 12.0. The average Bonchev–Trinajstić information content (AvgIpc) is 3.22. The third-order valence-corrected chi connectivity index (χ3v) is 5.06. The summed E-state index contributed by atoms with van der Waals surface area (Å²) in [5.41, 5.74) is 12.5. The van der Waals surface area contributed by atoms with Gasteiger partial charge in [-0.05, 0) is 58.5 Å². The van der Waals surface area contributed by atoms with Crippen LogP contribution < -0.4 is 16.8 Å². The topological polar surface area (TPSA) is 106 Å². The number of fused-ring (bicyclic) bond motifs is 1. The van der Waals surface area contributed by atoms with Gasteiger partial charge in [-0.1, -0.05) is 0 Å². The third-order valence-electron chi connectivity index (χ3n) is 3.60. The minimum Gasteiger partial charge on any atom is -0.370 e. The molecule has 124 valence electrons. The van der Waals surface area contributed by atoms with Crippen LogP contribution in [-0.2, 0) is 4.79 Å². The second-order valence-electron chi connectivity index (χ2n) is 5.27. The third kappa shape index (κ3) is 3.90. The molecular weight excluding hydrogens is 342 g/mol. The quantitative estimate of drug-likeness (QED) is 0.465. The highest BCUT2D eigenvalue weighted by Gasteiger charge is 2.21. The summed E-state index contributed by atoms with van der Waals surface area (Å²) in [4.78, 5) is 16.7. The molecule has 1 atom stereocenters. The van der Waals surface area contributed by atoms with Crippen LogP contribution in [0.3, 0.4) is 0 Å². The lowest BCUT2D eigenvalue weighted by Crippen LogP contribution is -2.25. The molecule has 3 aromatic rings. The Balaban J connectivity index is 1.76. The van der Waals surface area contributed by atoms with E-state index < -0.39 is 0 Å². The number of amides is 1. The summed E-state index contributed by atoms with van der Waals surface area (Å²) >= 11 is 2.97. The number of nitrogens with two attached hydrogens (primary N) is 2. The highest BCUT2D eigenvalue weighted by Crippen LogP contribution is 2.26. The van der Waals surface area contributed by atoms with E-state index in [4.69, 9.17) is 11.5 Å². The fraction of sp³-hybridized carbons (Fsp3) is 0.188. The van der Waals surface area contributed by atoms with E-state index in [0.29, 0.717) is 13.0 Å². The van der Waals surface area contributed by atoms with Crippen LogP contribution in [0.4, 0.5) is 5.69 Å². The molecule has 24 heavy (non-hydrogen) atoms. The number of hydrogen-bond donors (Lipinski definition) is 3. The first-order chi connectivity index (χ1) is 11.6. The van der Waals surface area contributed by atoms with Crippen molar-refractivity contribution >= 4 is 50.5 Å². The highest BCUT2D eigenvalue weighted by molar-refractivity contribution is 7.13. The first-order valence-electron chi connectivity index (χ1n) is 7.36. The molecule has 0 saturated carbocycles. The van der Waals surface area contributed by atoms with Crippen molar-refractivity contribution in [1.29, 1.82) is 0 Å². The Morgan fingerprint density at radius 1 is 1.33 bits per heavy atom. The van der Waals surface area contributed by atoms with Crippen molar-refractivity contribution in [3.63, 3.8) is 0 Å². The molecule has 1 aromatic carbocycles. The van der Waals surface area contributed by atoms with Crippen LogP contribution in [-0.4, -0.2) is 22.8 Å². The molecule has 0 fully saturated rings. The van der Waals surface area contributed by atoms with Gasteiger partial charge in [-0.25, -0.2) is 0 Å². The van der Waals surface area contributed by atoms with Gasteiger partial charge in [-0.2, -0.15) is 15.7 Å². The van der Waals surface area contributed by atoms with Crippen molar-refractivity contribution in [2.45, 2.75) is 12.3 Å². The Kier molecular flexibility index (Phi) is 5.07. The largest absolute Gasteiger partial charge is 0.370 e. The molecule has 1 amide bonds. The second kappa shape index (κ2) is 7.41. The van der Waals surface area contributed by atoms with Crippen LogP contribution in [0.25, 0.3) is 10.1 Å². The van der Waals surface area contributed by atoms with Crippen LogP contribution in [0.5, 0.6) is 0 Å². The van der Waals surface area contributed by atoms with Gasteiger partial charge in [0, 0.05) is 23.8 Å². The lowest BCUT2D eigenvalue weighted by molar-refractivity contribution is -0.117. The van der Waals surface area contributed by atoms with Gasteiger partial charge in [-0.3, -0.25) is 9.79 Å². The second-order valence-corrected chi connectivity index (χ2v) is 6.89. The Morgan fingerprint density at radius 3 is 2.96 bits per heavy atom. The standard InChI is InChI=1S/C16H17N5OS2/c17-16(18)19-5-3-13(11-4-6-23-9-11)15(22)21-12-2-1-10-8-20-24-14(10)7-12/h1-2,4,6-9,13H,3,5H2,(H,21,22)(H4,17,18,19). The molecule has 5 N–H and O–H groups in total. The zero-order valence-electron chi connectivity index (χ0n) is 12.8.